The number of hydrogen-bond acceptors (Lipinski definition) is 4. The summed E-state index contributed by atoms with van der Waals surface area (Å²) in [4.78, 5) is 21.2. The molecule has 0 radical (unpaired) electrons. The maximum Gasteiger partial charge on any atom is 0.255 e. The van der Waals surface area contributed by atoms with Gasteiger partial charge in [-0.15, -0.1) is 0 Å². The zero-order chi connectivity index (χ0) is 16.8. The molecule has 0 spiro atoms. The van der Waals surface area contributed by atoms with E-state index in [-0.39, 0.29) is 12.0 Å². The first-order valence-electron chi connectivity index (χ1n) is 8.70. The highest BCUT2D eigenvalue weighted by molar-refractivity contribution is 5.94. The summed E-state index contributed by atoms with van der Waals surface area (Å²) in [5.41, 5.74) is 0.658. The van der Waals surface area contributed by atoms with Crippen LogP contribution in [0.1, 0.15) is 50.9 Å². The zero-order valence-corrected chi connectivity index (χ0v) is 14.8. The topological polar surface area (TPSA) is 45.7 Å². The number of aromatic nitrogens is 1. The summed E-state index contributed by atoms with van der Waals surface area (Å²) in [5.74, 6) is 0.978. The monoisotopic (exact) mass is 319 g/mol. The van der Waals surface area contributed by atoms with E-state index in [2.05, 4.69) is 30.7 Å². The minimum Gasteiger partial charge on any atom is -0.377 e. The van der Waals surface area contributed by atoms with Gasteiger partial charge < -0.3 is 14.5 Å². The Morgan fingerprint density at radius 2 is 2.22 bits per heavy atom. The molecule has 5 heteroatoms. The Morgan fingerprint density at radius 1 is 1.43 bits per heavy atom. The molecule has 1 fully saturated rings. The zero-order valence-electron chi connectivity index (χ0n) is 14.8. The SMILES string of the molecule is CCO[C@@H]1CCCN(C(=O)c2ccc(N(CC)C(C)C)nc2)C1. The van der Waals surface area contributed by atoms with Gasteiger partial charge in [-0.2, -0.15) is 0 Å². The summed E-state index contributed by atoms with van der Waals surface area (Å²) >= 11 is 0. The third kappa shape index (κ3) is 4.44. The number of likely N-dealkylation sites (tertiary alicyclic amines) is 1. The predicted octanol–water partition coefficient (Wildman–Crippen LogP) is 2.96. The van der Waals surface area contributed by atoms with Crippen molar-refractivity contribution in [3.05, 3.63) is 23.9 Å². The molecule has 1 aromatic rings. The van der Waals surface area contributed by atoms with Crippen molar-refractivity contribution >= 4 is 11.7 Å². The smallest absolute Gasteiger partial charge is 0.255 e. The van der Waals surface area contributed by atoms with Gasteiger partial charge in [0.2, 0.25) is 0 Å². The Labute approximate surface area is 139 Å². The Bertz CT molecular complexity index is 499. The number of nitrogens with zero attached hydrogens (tertiary/aromatic N) is 3. The van der Waals surface area contributed by atoms with Crippen molar-refractivity contribution in [1.82, 2.24) is 9.88 Å². The molecule has 1 aliphatic rings. The van der Waals surface area contributed by atoms with Gasteiger partial charge in [0, 0.05) is 38.5 Å². The van der Waals surface area contributed by atoms with E-state index in [0.717, 1.165) is 31.7 Å². The molecule has 1 aromatic heterocycles. The number of carbonyl (C=O) groups excluding carboxylic acids is 1. The van der Waals surface area contributed by atoms with Gasteiger partial charge in [-0.05, 0) is 52.7 Å². The molecule has 2 heterocycles. The van der Waals surface area contributed by atoms with Crippen LogP contribution in [-0.4, -0.2) is 54.2 Å². The summed E-state index contributed by atoms with van der Waals surface area (Å²) in [6.07, 6.45) is 3.90. The molecular formula is C18H29N3O2. The molecule has 1 atom stereocenters. The minimum atomic E-state index is 0.0565. The summed E-state index contributed by atoms with van der Waals surface area (Å²) in [6.45, 7) is 11.5. The standard InChI is InChI=1S/C18H29N3O2/c1-5-21(14(3)4)17-10-9-15(12-19-17)18(22)20-11-7-8-16(13-20)23-6-2/h9-10,12,14,16H,5-8,11,13H2,1-4H3/t16-/m1/s1. The number of pyridine rings is 1. The van der Waals surface area contributed by atoms with Crippen LogP contribution >= 0.6 is 0 Å². The molecule has 1 aliphatic heterocycles. The molecule has 5 nitrogen and oxygen atoms in total. The van der Waals surface area contributed by atoms with Crippen molar-refractivity contribution in [1.29, 1.82) is 0 Å². The van der Waals surface area contributed by atoms with Crippen LogP contribution in [0.25, 0.3) is 0 Å². The fraction of sp³-hybridized carbons (Fsp3) is 0.667. The molecule has 1 saturated heterocycles. The van der Waals surface area contributed by atoms with Crippen molar-refractivity contribution in [2.45, 2.75) is 52.7 Å². The van der Waals surface area contributed by atoms with Gasteiger partial charge in [0.25, 0.3) is 5.91 Å². The van der Waals surface area contributed by atoms with Gasteiger partial charge >= 0.3 is 0 Å². The van der Waals surface area contributed by atoms with E-state index < -0.39 is 0 Å². The molecular weight excluding hydrogens is 290 g/mol. The molecule has 0 aromatic carbocycles. The first kappa shape index (κ1) is 17.7. The average Bonchev–Trinajstić information content (AvgIpc) is 2.56. The largest absolute Gasteiger partial charge is 0.377 e. The molecule has 23 heavy (non-hydrogen) atoms. The Morgan fingerprint density at radius 3 is 2.78 bits per heavy atom. The van der Waals surface area contributed by atoms with Gasteiger partial charge in [-0.1, -0.05) is 0 Å². The fourth-order valence-corrected chi connectivity index (χ4v) is 3.15. The number of hydrogen-bond donors (Lipinski definition) is 0. The van der Waals surface area contributed by atoms with E-state index in [4.69, 9.17) is 4.74 Å². The third-order valence-corrected chi connectivity index (χ3v) is 4.32. The quantitative estimate of drug-likeness (QED) is 0.809. The van der Waals surface area contributed by atoms with Crippen LogP contribution in [0.4, 0.5) is 5.82 Å². The summed E-state index contributed by atoms with van der Waals surface area (Å²) in [5, 5.41) is 0. The summed E-state index contributed by atoms with van der Waals surface area (Å²) in [6, 6.07) is 4.23. The van der Waals surface area contributed by atoms with E-state index in [1.54, 1.807) is 6.20 Å². The number of anilines is 1. The Hall–Kier alpha value is -1.62. The van der Waals surface area contributed by atoms with E-state index in [9.17, 15) is 4.79 Å². The number of piperidine rings is 1. The van der Waals surface area contributed by atoms with Crippen molar-refractivity contribution in [3.63, 3.8) is 0 Å². The minimum absolute atomic E-state index is 0.0565. The molecule has 2 rings (SSSR count). The van der Waals surface area contributed by atoms with E-state index in [1.165, 1.54) is 0 Å². The molecule has 0 unspecified atom stereocenters. The van der Waals surface area contributed by atoms with Crippen LogP contribution in [-0.2, 0) is 4.74 Å². The van der Waals surface area contributed by atoms with Crippen LogP contribution in [0, 0.1) is 0 Å². The van der Waals surface area contributed by atoms with Gasteiger partial charge in [0.05, 0.1) is 11.7 Å². The highest BCUT2D eigenvalue weighted by Gasteiger charge is 2.25. The first-order chi connectivity index (χ1) is 11.1. The molecule has 0 aliphatic carbocycles. The Kier molecular flexibility index (Phi) is 6.39. The summed E-state index contributed by atoms with van der Waals surface area (Å²) < 4.78 is 5.67. The Balaban J connectivity index is 2.05. The number of carbonyl (C=O) groups is 1. The second kappa shape index (κ2) is 8.29. The van der Waals surface area contributed by atoms with Gasteiger partial charge in [-0.25, -0.2) is 4.98 Å². The lowest BCUT2D eigenvalue weighted by atomic mass is 10.1. The maximum atomic E-state index is 12.7. The maximum absolute atomic E-state index is 12.7. The van der Waals surface area contributed by atoms with Crippen LogP contribution in [0.15, 0.2) is 18.3 Å². The molecule has 0 bridgehead atoms. The molecule has 1 amide bonds. The molecule has 0 N–H and O–H groups in total. The lowest BCUT2D eigenvalue weighted by Gasteiger charge is -2.32. The molecule has 0 saturated carbocycles. The van der Waals surface area contributed by atoms with Crippen LogP contribution in [0.5, 0.6) is 0 Å². The number of amides is 1. The average molecular weight is 319 g/mol. The van der Waals surface area contributed by atoms with Gasteiger partial charge in [0.15, 0.2) is 0 Å². The fourth-order valence-electron chi connectivity index (χ4n) is 3.15. The molecule has 128 valence electrons. The van der Waals surface area contributed by atoms with E-state index in [0.29, 0.717) is 24.8 Å². The lowest BCUT2D eigenvalue weighted by molar-refractivity contribution is 0.00723. The van der Waals surface area contributed by atoms with Crippen molar-refractivity contribution < 1.29 is 9.53 Å². The summed E-state index contributed by atoms with van der Waals surface area (Å²) in [7, 11) is 0. The van der Waals surface area contributed by atoms with Crippen molar-refractivity contribution in [3.8, 4) is 0 Å². The number of ether oxygens (including phenoxy) is 1. The van der Waals surface area contributed by atoms with Gasteiger partial charge in [-0.3, -0.25) is 4.79 Å². The van der Waals surface area contributed by atoms with E-state index >= 15 is 0 Å². The highest BCUT2D eigenvalue weighted by Crippen LogP contribution is 2.18. The number of rotatable bonds is 6. The van der Waals surface area contributed by atoms with E-state index in [1.807, 2.05) is 24.0 Å². The normalized spacial score (nSPS) is 18.3. The van der Waals surface area contributed by atoms with Crippen molar-refractivity contribution in [2.24, 2.45) is 0 Å². The van der Waals surface area contributed by atoms with Crippen LogP contribution < -0.4 is 4.90 Å². The second-order valence-electron chi connectivity index (χ2n) is 6.26. The van der Waals surface area contributed by atoms with Crippen molar-refractivity contribution in [2.75, 3.05) is 31.1 Å². The van der Waals surface area contributed by atoms with Gasteiger partial charge in [0.1, 0.15) is 5.82 Å². The van der Waals surface area contributed by atoms with Crippen LogP contribution in [0.2, 0.25) is 0 Å². The predicted molar refractivity (Wildman–Crippen MR) is 92.9 cm³/mol. The lowest BCUT2D eigenvalue weighted by Crippen LogP contribution is -2.43. The third-order valence-electron chi connectivity index (χ3n) is 4.32. The second-order valence-corrected chi connectivity index (χ2v) is 6.26. The first-order valence-corrected chi connectivity index (χ1v) is 8.70. The van der Waals surface area contributed by atoms with Crippen LogP contribution in [0.3, 0.4) is 0 Å². The highest BCUT2D eigenvalue weighted by atomic mass is 16.5.